The van der Waals surface area contributed by atoms with Crippen LogP contribution in [-0.4, -0.2) is 29.5 Å². The van der Waals surface area contributed by atoms with E-state index in [0.717, 1.165) is 10.0 Å². The van der Waals surface area contributed by atoms with E-state index in [1.807, 2.05) is 30.3 Å². The van der Waals surface area contributed by atoms with Crippen LogP contribution in [0, 0.1) is 0 Å². The number of aliphatic hydroxyl groups excluding tert-OH is 1. The van der Waals surface area contributed by atoms with Gasteiger partial charge >= 0.3 is 0 Å². The number of aliphatic hydroxyl groups is 1. The Hall–Kier alpha value is -2.02. The van der Waals surface area contributed by atoms with E-state index in [0.29, 0.717) is 5.69 Å². The van der Waals surface area contributed by atoms with Crippen LogP contribution in [0.2, 0.25) is 0 Å². The van der Waals surface area contributed by atoms with Crippen molar-refractivity contribution in [3.63, 3.8) is 0 Å². The summed E-state index contributed by atoms with van der Waals surface area (Å²) in [5.41, 5.74) is 1.33. The summed E-state index contributed by atoms with van der Waals surface area (Å²) < 4.78 is 0.881. The Kier molecular flexibility index (Phi) is 5.08. The van der Waals surface area contributed by atoms with Crippen molar-refractivity contribution in [2.45, 2.75) is 18.6 Å². The van der Waals surface area contributed by atoms with Crippen LogP contribution in [0.5, 0.6) is 0 Å². The van der Waals surface area contributed by atoms with Crippen LogP contribution < -0.4 is 10.2 Å². The summed E-state index contributed by atoms with van der Waals surface area (Å²) in [4.78, 5) is 25.9. The fraction of sp³-hybridized carbons (Fsp3) is 0.222. The van der Waals surface area contributed by atoms with Crippen LogP contribution in [0.1, 0.15) is 18.1 Å². The maximum absolute atomic E-state index is 12.5. The minimum absolute atomic E-state index is 0.0937. The Morgan fingerprint density at radius 2 is 1.79 bits per heavy atom. The minimum Gasteiger partial charge on any atom is -0.387 e. The molecule has 1 heterocycles. The number of hydrogen-bond donors (Lipinski definition) is 2. The van der Waals surface area contributed by atoms with Gasteiger partial charge in [0.05, 0.1) is 24.3 Å². The van der Waals surface area contributed by atoms with Crippen molar-refractivity contribution in [1.82, 2.24) is 5.32 Å². The lowest BCUT2D eigenvalue weighted by molar-refractivity contribution is -0.121. The Morgan fingerprint density at radius 1 is 1.12 bits per heavy atom. The Bertz CT molecular complexity index is 734. The van der Waals surface area contributed by atoms with E-state index in [9.17, 15) is 14.7 Å². The predicted molar refractivity (Wildman–Crippen MR) is 94.4 cm³/mol. The molecule has 2 N–H and O–H groups in total. The molecule has 2 atom stereocenters. The highest BCUT2D eigenvalue weighted by atomic mass is 79.9. The minimum atomic E-state index is -0.726. The van der Waals surface area contributed by atoms with Crippen LogP contribution >= 0.6 is 15.9 Å². The van der Waals surface area contributed by atoms with Gasteiger partial charge in [0.15, 0.2) is 0 Å². The lowest BCUT2D eigenvalue weighted by Gasteiger charge is -2.17. The van der Waals surface area contributed by atoms with Gasteiger partial charge < -0.3 is 10.4 Å². The van der Waals surface area contributed by atoms with Gasteiger partial charge in [-0.25, -0.2) is 4.90 Å². The van der Waals surface area contributed by atoms with Gasteiger partial charge in [-0.05, 0) is 29.8 Å². The second-order valence-corrected chi connectivity index (χ2v) is 6.55. The highest BCUT2D eigenvalue weighted by molar-refractivity contribution is 9.10. The molecule has 0 bridgehead atoms. The second kappa shape index (κ2) is 7.25. The maximum atomic E-state index is 12.5. The van der Waals surface area contributed by atoms with E-state index in [-0.39, 0.29) is 24.8 Å². The van der Waals surface area contributed by atoms with Crippen LogP contribution in [0.3, 0.4) is 0 Å². The molecule has 0 aromatic heterocycles. The SMILES string of the molecule is O=C1C[C@H](NC[C@H](O)c2ccccc2)C(=O)N1c1ccc(Br)cc1. The van der Waals surface area contributed by atoms with E-state index in [4.69, 9.17) is 0 Å². The molecule has 1 aliphatic heterocycles. The van der Waals surface area contributed by atoms with E-state index in [1.54, 1.807) is 24.3 Å². The number of halogens is 1. The Morgan fingerprint density at radius 3 is 2.46 bits per heavy atom. The number of carbonyl (C=O) groups excluding carboxylic acids is 2. The molecular formula is C18H17BrN2O3. The van der Waals surface area contributed by atoms with Crippen LogP contribution in [0.25, 0.3) is 0 Å². The molecule has 2 aromatic rings. The highest BCUT2D eigenvalue weighted by Crippen LogP contribution is 2.25. The molecule has 5 nitrogen and oxygen atoms in total. The van der Waals surface area contributed by atoms with Crippen molar-refractivity contribution < 1.29 is 14.7 Å². The monoisotopic (exact) mass is 388 g/mol. The lowest BCUT2D eigenvalue weighted by Crippen LogP contribution is -2.40. The summed E-state index contributed by atoms with van der Waals surface area (Å²) in [6.07, 6.45) is -0.632. The number of rotatable bonds is 5. The second-order valence-electron chi connectivity index (χ2n) is 5.64. The first kappa shape index (κ1) is 16.8. The molecule has 0 radical (unpaired) electrons. The molecule has 24 heavy (non-hydrogen) atoms. The van der Waals surface area contributed by atoms with Gasteiger partial charge in [0.1, 0.15) is 0 Å². The number of anilines is 1. The smallest absolute Gasteiger partial charge is 0.251 e. The summed E-state index contributed by atoms with van der Waals surface area (Å²) in [7, 11) is 0. The van der Waals surface area contributed by atoms with Gasteiger partial charge in [-0.2, -0.15) is 0 Å². The van der Waals surface area contributed by atoms with Crippen molar-refractivity contribution in [2.75, 3.05) is 11.4 Å². The summed E-state index contributed by atoms with van der Waals surface area (Å²) in [5, 5.41) is 13.2. The molecule has 0 aliphatic carbocycles. The Balaban J connectivity index is 1.65. The molecule has 0 spiro atoms. The zero-order chi connectivity index (χ0) is 17.1. The van der Waals surface area contributed by atoms with Gasteiger partial charge in [0.2, 0.25) is 5.91 Å². The third-order valence-electron chi connectivity index (χ3n) is 3.97. The van der Waals surface area contributed by atoms with E-state index in [2.05, 4.69) is 21.2 Å². The number of benzene rings is 2. The van der Waals surface area contributed by atoms with Gasteiger partial charge in [-0.3, -0.25) is 9.59 Å². The van der Waals surface area contributed by atoms with Crippen LogP contribution in [0.15, 0.2) is 59.1 Å². The predicted octanol–water partition coefficient (Wildman–Crippen LogP) is 2.40. The fourth-order valence-electron chi connectivity index (χ4n) is 2.70. The molecule has 2 aromatic carbocycles. The third-order valence-corrected chi connectivity index (χ3v) is 4.50. The van der Waals surface area contributed by atoms with Crippen molar-refractivity contribution in [3.8, 4) is 0 Å². The molecule has 124 valence electrons. The maximum Gasteiger partial charge on any atom is 0.251 e. The topological polar surface area (TPSA) is 69.6 Å². The average Bonchev–Trinajstić information content (AvgIpc) is 2.88. The number of nitrogens with one attached hydrogen (secondary N) is 1. The van der Waals surface area contributed by atoms with Crippen LogP contribution in [0.4, 0.5) is 5.69 Å². The zero-order valence-corrected chi connectivity index (χ0v) is 14.4. The van der Waals surface area contributed by atoms with Gasteiger partial charge in [-0.1, -0.05) is 46.3 Å². The first-order valence-electron chi connectivity index (χ1n) is 7.65. The van der Waals surface area contributed by atoms with E-state index < -0.39 is 12.1 Å². The van der Waals surface area contributed by atoms with Crippen molar-refractivity contribution >= 4 is 33.4 Å². The molecular weight excluding hydrogens is 372 g/mol. The standard InChI is InChI=1S/C18H17BrN2O3/c19-13-6-8-14(9-7-13)21-17(23)10-15(18(21)24)20-11-16(22)12-4-2-1-3-5-12/h1-9,15-16,20,22H,10-11H2/t15-,16-/m0/s1. The molecule has 6 heteroatoms. The largest absolute Gasteiger partial charge is 0.387 e. The molecule has 2 amide bonds. The molecule has 1 saturated heterocycles. The molecule has 3 rings (SSSR count). The average molecular weight is 389 g/mol. The third kappa shape index (κ3) is 3.56. The summed E-state index contributed by atoms with van der Waals surface area (Å²) in [6.45, 7) is 0.210. The number of carbonyl (C=O) groups is 2. The summed E-state index contributed by atoms with van der Waals surface area (Å²) in [6, 6.07) is 15.6. The van der Waals surface area contributed by atoms with Crippen LogP contribution in [-0.2, 0) is 9.59 Å². The van der Waals surface area contributed by atoms with Gasteiger partial charge in [0, 0.05) is 11.0 Å². The van der Waals surface area contributed by atoms with Crippen molar-refractivity contribution in [2.24, 2.45) is 0 Å². The molecule has 0 unspecified atom stereocenters. The zero-order valence-electron chi connectivity index (χ0n) is 12.9. The van der Waals surface area contributed by atoms with Gasteiger partial charge in [0.25, 0.3) is 5.91 Å². The number of hydrogen-bond acceptors (Lipinski definition) is 4. The van der Waals surface area contributed by atoms with Gasteiger partial charge in [-0.15, -0.1) is 0 Å². The molecule has 1 fully saturated rings. The summed E-state index contributed by atoms with van der Waals surface area (Å²) >= 11 is 3.33. The van der Waals surface area contributed by atoms with Crippen molar-refractivity contribution in [3.05, 3.63) is 64.6 Å². The van der Waals surface area contributed by atoms with E-state index >= 15 is 0 Å². The quantitative estimate of drug-likeness (QED) is 0.771. The number of nitrogens with zero attached hydrogens (tertiary/aromatic N) is 1. The first-order chi connectivity index (χ1) is 11.6. The first-order valence-corrected chi connectivity index (χ1v) is 8.44. The van der Waals surface area contributed by atoms with Crippen molar-refractivity contribution in [1.29, 1.82) is 0 Å². The number of imide groups is 1. The summed E-state index contributed by atoms with van der Waals surface area (Å²) in [5.74, 6) is -0.531. The van der Waals surface area contributed by atoms with E-state index in [1.165, 1.54) is 4.90 Å². The highest BCUT2D eigenvalue weighted by Gasteiger charge is 2.39. The lowest BCUT2D eigenvalue weighted by atomic mass is 10.1. The molecule has 0 saturated carbocycles. The Labute approximate surface area is 148 Å². The molecule has 1 aliphatic rings. The fourth-order valence-corrected chi connectivity index (χ4v) is 2.96. The number of amides is 2. The normalized spacial score (nSPS) is 18.9.